The highest BCUT2D eigenvalue weighted by Gasteiger charge is 2.18. The zero-order valence-electron chi connectivity index (χ0n) is 21.4. The van der Waals surface area contributed by atoms with Crippen molar-refractivity contribution in [1.29, 1.82) is 5.41 Å². The Morgan fingerprint density at radius 2 is 1.50 bits per heavy atom. The van der Waals surface area contributed by atoms with Gasteiger partial charge in [0.1, 0.15) is 17.2 Å². The largest absolute Gasteiger partial charge is 0.506 e. The van der Waals surface area contributed by atoms with Gasteiger partial charge in [-0.1, -0.05) is 6.07 Å². The Morgan fingerprint density at radius 1 is 0.868 bits per heavy atom. The molecule has 10 heteroatoms. The maximum absolute atomic E-state index is 13.0. The number of phenols is 1. The lowest BCUT2D eigenvalue weighted by molar-refractivity contribution is 0.101. The average Bonchev–Trinajstić information content (AvgIpc) is 3.17. The molecule has 2 amide bonds. The number of para-hydroxylation sites is 1. The van der Waals surface area contributed by atoms with Crippen LogP contribution in [0.2, 0.25) is 0 Å². The van der Waals surface area contributed by atoms with Crippen LogP contribution in [0.15, 0.2) is 66.7 Å². The summed E-state index contributed by atoms with van der Waals surface area (Å²) in [5.41, 5.74) is 2.24. The number of carbonyl (C=O) groups is 2. The van der Waals surface area contributed by atoms with Gasteiger partial charge in [-0.05, 0) is 74.0 Å². The number of methoxy groups -OCH3 is 1. The van der Waals surface area contributed by atoms with E-state index in [9.17, 15) is 14.7 Å². The van der Waals surface area contributed by atoms with Crippen LogP contribution in [-0.4, -0.2) is 60.9 Å². The number of phenolic OH excluding ortho intramolecular Hbond substituents is 1. The van der Waals surface area contributed by atoms with E-state index in [0.29, 0.717) is 22.7 Å². The molecular formula is C28H32ClN5O4. The maximum atomic E-state index is 13.0. The van der Waals surface area contributed by atoms with E-state index in [0.717, 1.165) is 38.3 Å². The molecule has 1 aliphatic rings. The van der Waals surface area contributed by atoms with Crippen LogP contribution < -0.4 is 20.3 Å². The molecule has 0 bridgehead atoms. The number of benzene rings is 3. The van der Waals surface area contributed by atoms with Crippen LogP contribution in [0.1, 0.15) is 34.1 Å². The Labute approximate surface area is 228 Å². The highest BCUT2D eigenvalue weighted by molar-refractivity contribution is 6.11. The topological polar surface area (TPSA) is 118 Å². The Hall–Kier alpha value is -4.24. The first-order chi connectivity index (χ1) is 17.9. The number of amides is 2. The molecule has 0 aliphatic carbocycles. The standard InChI is InChI=1S/C28H31N5O4.ClH/c1-19(29)32-15-4-16-33(18-17-32)22-11-7-20(8-12-22)28(36)31-26-24(5-3-6-25(26)34)30-27(35)21-9-13-23(37-2)14-10-21;/h3,5-14,29,34H,4,15-18H2,1-2H3,(H,30,35)(H,31,36);1H. The van der Waals surface area contributed by atoms with Gasteiger partial charge in [0.25, 0.3) is 11.8 Å². The lowest BCUT2D eigenvalue weighted by Gasteiger charge is -2.24. The molecule has 0 unspecified atom stereocenters. The van der Waals surface area contributed by atoms with Gasteiger partial charge in [0.2, 0.25) is 0 Å². The van der Waals surface area contributed by atoms with E-state index >= 15 is 0 Å². The van der Waals surface area contributed by atoms with Gasteiger partial charge in [-0.25, -0.2) is 0 Å². The van der Waals surface area contributed by atoms with Crippen molar-refractivity contribution >= 4 is 47.1 Å². The van der Waals surface area contributed by atoms with Crippen molar-refractivity contribution in [2.75, 3.05) is 48.8 Å². The van der Waals surface area contributed by atoms with Crippen molar-refractivity contribution in [3.8, 4) is 11.5 Å². The molecule has 0 atom stereocenters. The summed E-state index contributed by atoms with van der Waals surface area (Å²) in [4.78, 5) is 30.1. The first kappa shape index (κ1) is 28.3. The van der Waals surface area contributed by atoms with Gasteiger partial charge in [-0.3, -0.25) is 15.0 Å². The predicted molar refractivity (Wildman–Crippen MR) is 153 cm³/mol. The van der Waals surface area contributed by atoms with Crippen LogP contribution in [0.3, 0.4) is 0 Å². The van der Waals surface area contributed by atoms with Crippen molar-refractivity contribution in [3.05, 3.63) is 77.9 Å². The Bertz CT molecular complexity index is 1280. The highest BCUT2D eigenvalue weighted by Crippen LogP contribution is 2.32. The molecule has 0 spiro atoms. The summed E-state index contributed by atoms with van der Waals surface area (Å²) >= 11 is 0. The molecule has 1 heterocycles. The van der Waals surface area contributed by atoms with Crippen LogP contribution >= 0.6 is 12.4 Å². The highest BCUT2D eigenvalue weighted by atomic mass is 35.5. The SMILES string of the molecule is COc1ccc(C(=O)Nc2cccc(O)c2NC(=O)c2ccc(N3CCCN(C(C)=N)CC3)cc2)cc1.Cl. The van der Waals surface area contributed by atoms with Gasteiger partial charge in [0.05, 0.1) is 18.6 Å². The number of anilines is 3. The monoisotopic (exact) mass is 537 g/mol. The quantitative estimate of drug-likeness (QED) is 0.203. The summed E-state index contributed by atoms with van der Waals surface area (Å²) in [5.74, 6) is 0.259. The van der Waals surface area contributed by atoms with Gasteiger partial charge in [0, 0.05) is 43.0 Å². The average molecular weight is 538 g/mol. The van der Waals surface area contributed by atoms with Crippen molar-refractivity contribution in [2.45, 2.75) is 13.3 Å². The van der Waals surface area contributed by atoms with E-state index in [1.807, 2.05) is 19.1 Å². The molecular weight excluding hydrogens is 506 g/mol. The van der Waals surface area contributed by atoms with E-state index in [2.05, 4.69) is 20.4 Å². The fraction of sp³-hybridized carbons (Fsp3) is 0.250. The van der Waals surface area contributed by atoms with Gasteiger partial charge < -0.3 is 30.3 Å². The summed E-state index contributed by atoms with van der Waals surface area (Å²) in [7, 11) is 1.55. The number of rotatable bonds is 6. The van der Waals surface area contributed by atoms with Gasteiger partial charge >= 0.3 is 0 Å². The Balaban J connectivity index is 0.00000400. The van der Waals surface area contributed by atoms with Gasteiger partial charge in [-0.2, -0.15) is 0 Å². The molecule has 3 aromatic rings. The number of aromatic hydroxyl groups is 1. The molecule has 0 radical (unpaired) electrons. The van der Waals surface area contributed by atoms with E-state index < -0.39 is 5.91 Å². The fourth-order valence-corrected chi connectivity index (χ4v) is 4.23. The van der Waals surface area contributed by atoms with Crippen LogP contribution in [0.25, 0.3) is 0 Å². The molecule has 1 fully saturated rings. The summed E-state index contributed by atoms with van der Waals surface area (Å²) in [6.45, 7) is 5.14. The predicted octanol–water partition coefficient (Wildman–Crippen LogP) is 4.84. The second-order valence-electron chi connectivity index (χ2n) is 8.80. The smallest absolute Gasteiger partial charge is 0.255 e. The fourth-order valence-electron chi connectivity index (χ4n) is 4.23. The normalized spacial score (nSPS) is 13.1. The lowest BCUT2D eigenvalue weighted by Crippen LogP contribution is -2.33. The third kappa shape index (κ3) is 6.74. The number of nitrogens with one attached hydrogen (secondary N) is 3. The molecule has 0 aromatic heterocycles. The van der Waals surface area contributed by atoms with Crippen LogP contribution in [-0.2, 0) is 0 Å². The van der Waals surface area contributed by atoms with Crippen LogP contribution in [0.5, 0.6) is 11.5 Å². The van der Waals surface area contributed by atoms with E-state index in [-0.39, 0.29) is 35.4 Å². The number of nitrogens with zero attached hydrogens (tertiary/aromatic N) is 2. The number of hydrogen-bond donors (Lipinski definition) is 4. The molecule has 9 nitrogen and oxygen atoms in total. The minimum Gasteiger partial charge on any atom is -0.506 e. The van der Waals surface area contributed by atoms with Gasteiger partial charge in [0.15, 0.2) is 0 Å². The first-order valence-electron chi connectivity index (χ1n) is 12.1. The molecule has 3 aromatic carbocycles. The van der Waals surface area contributed by atoms with E-state index in [1.165, 1.54) is 6.07 Å². The number of hydrogen-bond acceptors (Lipinski definition) is 6. The number of halogens is 1. The number of ether oxygens (including phenoxy) is 1. The third-order valence-corrected chi connectivity index (χ3v) is 6.35. The molecule has 1 saturated heterocycles. The molecule has 4 N–H and O–H groups in total. The van der Waals surface area contributed by atoms with Crippen molar-refractivity contribution in [2.24, 2.45) is 0 Å². The summed E-state index contributed by atoms with van der Waals surface area (Å²) in [5, 5.41) is 23.8. The second-order valence-corrected chi connectivity index (χ2v) is 8.80. The van der Waals surface area contributed by atoms with E-state index in [1.54, 1.807) is 55.6 Å². The van der Waals surface area contributed by atoms with Crippen LogP contribution in [0, 0.1) is 5.41 Å². The molecule has 1 aliphatic heterocycles. The van der Waals surface area contributed by atoms with Crippen molar-refractivity contribution < 1.29 is 19.4 Å². The third-order valence-electron chi connectivity index (χ3n) is 6.35. The minimum atomic E-state index is -0.408. The molecule has 0 saturated carbocycles. The van der Waals surface area contributed by atoms with Crippen molar-refractivity contribution in [3.63, 3.8) is 0 Å². The van der Waals surface area contributed by atoms with Crippen molar-refractivity contribution in [1.82, 2.24) is 4.90 Å². The van der Waals surface area contributed by atoms with E-state index in [4.69, 9.17) is 10.1 Å². The maximum Gasteiger partial charge on any atom is 0.255 e. The van der Waals surface area contributed by atoms with Crippen LogP contribution in [0.4, 0.5) is 17.1 Å². The summed E-state index contributed by atoms with van der Waals surface area (Å²) in [6, 6.07) is 18.6. The number of amidine groups is 1. The molecule has 38 heavy (non-hydrogen) atoms. The Morgan fingerprint density at radius 3 is 2.13 bits per heavy atom. The molecule has 200 valence electrons. The lowest BCUT2D eigenvalue weighted by atomic mass is 10.1. The molecule has 4 rings (SSSR count). The summed E-state index contributed by atoms with van der Waals surface area (Å²) < 4.78 is 5.12. The Kier molecular flexibility index (Phi) is 9.56. The summed E-state index contributed by atoms with van der Waals surface area (Å²) in [6.07, 6.45) is 0.955. The minimum absolute atomic E-state index is 0. The van der Waals surface area contributed by atoms with Gasteiger partial charge in [-0.15, -0.1) is 12.4 Å². The first-order valence-corrected chi connectivity index (χ1v) is 12.1. The second kappa shape index (κ2) is 12.8. The zero-order valence-corrected chi connectivity index (χ0v) is 22.2. The zero-order chi connectivity index (χ0) is 26.4. The number of carbonyl (C=O) groups excluding carboxylic acids is 2.